The van der Waals surface area contributed by atoms with Crippen molar-refractivity contribution in [1.29, 1.82) is 0 Å². The Labute approximate surface area is 113 Å². The Morgan fingerprint density at radius 1 is 1.39 bits per heavy atom. The van der Waals surface area contributed by atoms with Crippen molar-refractivity contribution in [3.8, 4) is 0 Å². The number of oxime groups is 1. The van der Waals surface area contributed by atoms with Crippen LogP contribution in [-0.2, 0) is 9.53 Å². The van der Waals surface area contributed by atoms with Gasteiger partial charge in [-0.05, 0) is 31.5 Å². The van der Waals surface area contributed by atoms with Gasteiger partial charge in [0.2, 0.25) is 5.90 Å². The highest BCUT2D eigenvalue weighted by Gasteiger charge is 2.36. The van der Waals surface area contributed by atoms with Crippen molar-refractivity contribution in [1.82, 2.24) is 0 Å². The number of halogens is 1. The number of allylic oxidation sites excluding steroid dienone is 1. The number of carbonyl (C=O) groups is 1. The van der Waals surface area contributed by atoms with Crippen molar-refractivity contribution in [2.45, 2.75) is 19.8 Å². The van der Waals surface area contributed by atoms with Crippen LogP contribution < -0.4 is 0 Å². The summed E-state index contributed by atoms with van der Waals surface area (Å²) in [4.78, 5) is 11.7. The second kappa shape index (κ2) is 4.94. The molecule has 4 nitrogen and oxygen atoms in total. The summed E-state index contributed by atoms with van der Waals surface area (Å²) in [6.45, 7) is 3.18. The largest absolute Gasteiger partial charge is 0.443 e. The fourth-order valence-corrected chi connectivity index (χ4v) is 2.36. The lowest BCUT2D eigenvalue weighted by Gasteiger charge is -2.11. The molecule has 0 aromatic heterocycles. The van der Waals surface area contributed by atoms with Gasteiger partial charge < -0.3 is 9.94 Å². The Morgan fingerprint density at radius 3 is 2.50 bits per heavy atom. The molecule has 94 valence electrons. The van der Waals surface area contributed by atoms with Gasteiger partial charge in [0.15, 0.2) is 5.78 Å². The minimum atomic E-state index is -0.430. The molecule has 0 fully saturated rings. The molecule has 0 saturated carbocycles. The van der Waals surface area contributed by atoms with E-state index in [4.69, 9.17) is 9.94 Å². The normalized spacial score (nSPS) is 21.3. The standard InChI is InChI=1S/C13H12BrNO3/c1-7(16)11-8(2)18-13(15-17)12(11)9-3-5-10(14)6-4-9/h3-6,12,17H,1-2H3/b15-13+. The number of nitrogens with zero attached hydrogens (tertiary/aromatic N) is 1. The molecular formula is C13H12BrNO3. The molecule has 5 heteroatoms. The summed E-state index contributed by atoms with van der Waals surface area (Å²) < 4.78 is 6.27. The van der Waals surface area contributed by atoms with Gasteiger partial charge in [0.05, 0.1) is 5.92 Å². The van der Waals surface area contributed by atoms with Crippen LogP contribution in [0.1, 0.15) is 25.3 Å². The van der Waals surface area contributed by atoms with E-state index < -0.39 is 5.92 Å². The summed E-state index contributed by atoms with van der Waals surface area (Å²) >= 11 is 3.35. The summed E-state index contributed by atoms with van der Waals surface area (Å²) in [5.74, 6) is 0.114. The summed E-state index contributed by atoms with van der Waals surface area (Å²) in [5, 5.41) is 12.1. The van der Waals surface area contributed by atoms with E-state index in [0.29, 0.717) is 11.3 Å². The lowest BCUT2D eigenvalue weighted by atomic mass is 9.90. The molecule has 1 atom stereocenters. The van der Waals surface area contributed by atoms with Gasteiger partial charge in [-0.15, -0.1) is 0 Å². The van der Waals surface area contributed by atoms with Crippen molar-refractivity contribution < 1.29 is 14.7 Å². The molecule has 0 radical (unpaired) electrons. The quantitative estimate of drug-likeness (QED) is 0.674. The third-order valence-electron chi connectivity index (χ3n) is 2.85. The van der Waals surface area contributed by atoms with Crippen LogP contribution in [0, 0.1) is 0 Å². The molecule has 0 bridgehead atoms. The lowest BCUT2D eigenvalue weighted by Crippen LogP contribution is -2.13. The number of hydrogen-bond donors (Lipinski definition) is 1. The maximum absolute atomic E-state index is 11.7. The molecule has 0 saturated heterocycles. The fraction of sp³-hybridized carbons (Fsp3) is 0.231. The number of rotatable bonds is 2. The van der Waals surface area contributed by atoms with Crippen molar-refractivity contribution in [2.24, 2.45) is 5.16 Å². The van der Waals surface area contributed by atoms with Crippen LogP contribution in [0.25, 0.3) is 0 Å². The molecule has 0 aliphatic carbocycles. The first-order valence-electron chi connectivity index (χ1n) is 5.41. The molecule has 1 aromatic rings. The van der Waals surface area contributed by atoms with E-state index in [2.05, 4.69) is 21.1 Å². The molecule has 0 spiro atoms. The van der Waals surface area contributed by atoms with E-state index in [1.165, 1.54) is 6.92 Å². The van der Waals surface area contributed by atoms with Crippen molar-refractivity contribution >= 4 is 27.6 Å². The van der Waals surface area contributed by atoms with Gasteiger partial charge in [-0.3, -0.25) is 4.79 Å². The summed E-state index contributed by atoms with van der Waals surface area (Å²) in [6.07, 6.45) is 0. The predicted molar refractivity (Wildman–Crippen MR) is 70.6 cm³/mol. The smallest absolute Gasteiger partial charge is 0.242 e. The van der Waals surface area contributed by atoms with E-state index in [-0.39, 0.29) is 11.7 Å². The van der Waals surface area contributed by atoms with Gasteiger partial charge in [0.1, 0.15) is 5.76 Å². The van der Waals surface area contributed by atoms with Crippen molar-refractivity contribution in [2.75, 3.05) is 0 Å². The second-order valence-corrected chi connectivity index (χ2v) is 4.97. The average molecular weight is 310 g/mol. The van der Waals surface area contributed by atoms with Crippen LogP contribution in [0.3, 0.4) is 0 Å². The van der Waals surface area contributed by atoms with Gasteiger partial charge in [-0.1, -0.05) is 33.2 Å². The Hall–Kier alpha value is -1.62. The second-order valence-electron chi connectivity index (χ2n) is 4.05. The van der Waals surface area contributed by atoms with E-state index in [9.17, 15) is 4.79 Å². The van der Waals surface area contributed by atoms with Gasteiger partial charge in [-0.2, -0.15) is 0 Å². The molecule has 1 heterocycles. The maximum atomic E-state index is 11.7. The van der Waals surface area contributed by atoms with Gasteiger partial charge in [0, 0.05) is 10.0 Å². The first kappa shape index (κ1) is 12.8. The van der Waals surface area contributed by atoms with Gasteiger partial charge >= 0.3 is 0 Å². The van der Waals surface area contributed by atoms with E-state index in [0.717, 1.165) is 10.0 Å². The highest BCUT2D eigenvalue weighted by Crippen LogP contribution is 2.36. The molecule has 18 heavy (non-hydrogen) atoms. The zero-order chi connectivity index (χ0) is 13.3. The number of hydrogen-bond acceptors (Lipinski definition) is 4. The first-order valence-corrected chi connectivity index (χ1v) is 6.21. The lowest BCUT2D eigenvalue weighted by molar-refractivity contribution is -0.113. The Morgan fingerprint density at radius 2 is 2.00 bits per heavy atom. The first-order chi connectivity index (χ1) is 8.54. The topological polar surface area (TPSA) is 58.9 Å². The number of Topliss-reactive ketones (excluding diaryl/α,β-unsaturated/α-hetero) is 1. The highest BCUT2D eigenvalue weighted by atomic mass is 79.9. The fourth-order valence-electron chi connectivity index (χ4n) is 2.09. The Bertz CT molecular complexity index is 546. The van der Waals surface area contributed by atoms with E-state index >= 15 is 0 Å². The van der Waals surface area contributed by atoms with Gasteiger partial charge in [0.25, 0.3) is 0 Å². The molecule has 1 aromatic carbocycles. The SMILES string of the molecule is CC(=O)C1=C(C)O/C(=N/O)C1c1ccc(Br)cc1. The third kappa shape index (κ3) is 2.18. The van der Waals surface area contributed by atoms with E-state index in [1.54, 1.807) is 6.92 Å². The Kier molecular flexibility index (Phi) is 3.52. The zero-order valence-corrected chi connectivity index (χ0v) is 11.6. The molecule has 1 aliphatic rings. The van der Waals surface area contributed by atoms with Crippen LogP contribution in [-0.4, -0.2) is 16.9 Å². The van der Waals surface area contributed by atoms with Crippen LogP contribution in [0.2, 0.25) is 0 Å². The zero-order valence-electron chi connectivity index (χ0n) is 9.98. The third-order valence-corrected chi connectivity index (χ3v) is 3.38. The molecule has 1 N–H and O–H groups in total. The van der Waals surface area contributed by atoms with Crippen molar-refractivity contribution in [3.63, 3.8) is 0 Å². The molecule has 1 aliphatic heterocycles. The molecule has 1 unspecified atom stereocenters. The van der Waals surface area contributed by atoms with Crippen LogP contribution in [0.15, 0.2) is 45.2 Å². The molecular weight excluding hydrogens is 298 g/mol. The molecule has 0 amide bonds. The Balaban J connectivity index is 2.51. The number of carbonyl (C=O) groups excluding carboxylic acids is 1. The maximum Gasteiger partial charge on any atom is 0.242 e. The minimum absolute atomic E-state index is 0.0842. The number of benzene rings is 1. The van der Waals surface area contributed by atoms with Crippen LogP contribution >= 0.6 is 15.9 Å². The van der Waals surface area contributed by atoms with Crippen molar-refractivity contribution in [3.05, 3.63) is 45.6 Å². The minimum Gasteiger partial charge on any atom is -0.443 e. The average Bonchev–Trinajstić information content (AvgIpc) is 2.67. The summed E-state index contributed by atoms with van der Waals surface area (Å²) in [6, 6.07) is 7.47. The number of ether oxygens (including phenoxy) is 1. The highest BCUT2D eigenvalue weighted by molar-refractivity contribution is 9.10. The summed E-state index contributed by atoms with van der Waals surface area (Å²) in [5.41, 5.74) is 1.39. The van der Waals surface area contributed by atoms with Crippen LogP contribution in [0.5, 0.6) is 0 Å². The van der Waals surface area contributed by atoms with E-state index in [1.807, 2.05) is 24.3 Å². The predicted octanol–water partition coefficient (Wildman–Crippen LogP) is 3.21. The molecule has 2 rings (SSSR count). The monoisotopic (exact) mass is 309 g/mol. The number of ketones is 1. The van der Waals surface area contributed by atoms with Crippen LogP contribution in [0.4, 0.5) is 0 Å². The van der Waals surface area contributed by atoms with Gasteiger partial charge in [-0.25, -0.2) is 0 Å². The summed E-state index contributed by atoms with van der Waals surface area (Å²) in [7, 11) is 0.